The van der Waals surface area contributed by atoms with E-state index in [0.29, 0.717) is 13.2 Å². The minimum Gasteiger partial charge on any atom is -0.491 e. The van der Waals surface area contributed by atoms with E-state index in [1.165, 1.54) is 6.07 Å². The minimum atomic E-state index is -0.401. The quantitative estimate of drug-likeness (QED) is 0.793. The van der Waals surface area contributed by atoms with Gasteiger partial charge in [-0.1, -0.05) is 30.7 Å². The first-order valence-corrected chi connectivity index (χ1v) is 7.39. The van der Waals surface area contributed by atoms with Crippen LogP contribution in [0.5, 0.6) is 5.75 Å². The average molecular weight is 308 g/mol. The van der Waals surface area contributed by atoms with Crippen molar-refractivity contribution in [1.82, 2.24) is 0 Å². The molecule has 0 saturated carbocycles. The Morgan fingerprint density at radius 3 is 2.71 bits per heavy atom. The van der Waals surface area contributed by atoms with Crippen molar-refractivity contribution in [3.63, 3.8) is 0 Å². The van der Waals surface area contributed by atoms with Crippen LogP contribution in [0.3, 0.4) is 0 Å². The van der Waals surface area contributed by atoms with E-state index in [0.717, 1.165) is 29.0 Å². The Kier molecular flexibility index (Phi) is 5.45. The first-order chi connectivity index (χ1) is 10.1. The van der Waals surface area contributed by atoms with Crippen molar-refractivity contribution in [3.8, 4) is 5.75 Å². The number of halogens is 2. The van der Waals surface area contributed by atoms with Gasteiger partial charge in [0.1, 0.15) is 11.6 Å². The molecule has 0 aliphatic carbocycles. The Bertz CT molecular complexity index is 616. The van der Waals surface area contributed by atoms with E-state index in [2.05, 4.69) is 12.2 Å². The first kappa shape index (κ1) is 15.6. The molecule has 0 fully saturated rings. The Balaban J connectivity index is 2.09. The fourth-order valence-corrected chi connectivity index (χ4v) is 2.07. The summed E-state index contributed by atoms with van der Waals surface area (Å²) >= 11 is 5.68. The van der Waals surface area contributed by atoms with Gasteiger partial charge >= 0.3 is 0 Å². The molecule has 0 aliphatic heterocycles. The topological polar surface area (TPSA) is 21.3 Å². The highest BCUT2D eigenvalue weighted by Crippen LogP contribution is 2.27. The molecule has 0 unspecified atom stereocenters. The van der Waals surface area contributed by atoms with Crippen molar-refractivity contribution in [2.45, 2.75) is 26.8 Å². The molecule has 4 heteroatoms. The normalized spacial score (nSPS) is 10.5. The monoisotopic (exact) mass is 307 g/mol. The molecule has 2 aromatic rings. The standard InChI is InChI=1S/C17H19ClFNO/c1-3-8-21-17-9-12(2)4-7-16(17)20-11-13-5-6-14(18)15(19)10-13/h4-7,9-10,20H,3,8,11H2,1-2H3. The van der Waals surface area contributed by atoms with Crippen molar-refractivity contribution in [2.24, 2.45) is 0 Å². The molecule has 1 N–H and O–H groups in total. The number of hydrogen-bond donors (Lipinski definition) is 1. The lowest BCUT2D eigenvalue weighted by atomic mass is 10.2. The Morgan fingerprint density at radius 2 is 2.00 bits per heavy atom. The zero-order valence-corrected chi connectivity index (χ0v) is 13.0. The van der Waals surface area contributed by atoms with Crippen LogP contribution in [0.1, 0.15) is 24.5 Å². The van der Waals surface area contributed by atoms with E-state index < -0.39 is 5.82 Å². The summed E-state index contributed by atoms with van der Waals surface area (Å²) < 4.78 is 19.2. The molecule has 0 radical (unpaired) electrons. The van der Waals surface area contributed by atoms with Gasteiger partial charge in [0, 0.05) is 6.54 Å². The molecular weight excluding hydrogens is 289 g/mol. The maximum absolute atomic E-state index is 13.4. The van der Waals surface area contributed by atoms with Gasteiger partial charge in [0.05, 0.1) is 17.3 Å². The van der Waals surface area contributed by atoms with Gasteiger partial charge in [0.2, 0.25) is 0 Å². The molecular formula is C17H19ClFNO. The molecule has 2 nitrogen and oxygen atoms in total. The van der Waals surface area contributed by atoms with Gasteiger partial charge in [-0.3, -0.25) is 0 Å². The van der Waals surface area contributed by atoms with Crippen LogP contribution in [0.4, 0.5) is 10.1 Å². The van der Waals surface area contributed by atoms with Gasteiger partial charge in [-0.2, -0.15) is 0 Å². The molecule has 2 rings (SSSR count). The van der Waals surface area contributed by atoms with Gasteiger partial charge in [0.15, 0.2) is 0 Å². The van der Waals surface area contributed by atoms with Gasteiger partial charge in [0.25, 0.3) is 0 Å². The van der Waals surface area contributed by atoms with E-state index in [1.54, 1.807) is 12.1 Å². The third-order valence-electron chi connectivity index (χ3n) is 3.07. The zero-order valence-electron chi connectivity index (χ0n) is 12.2. The summed E-state index contributed by atoms with van der Waals surface area (Å²) in [5.74, 6) is 0.425. The molecule has 0 aliphatic rings. The molecule has 0 atom stereocenters. The highest BCUT2D eigenvalue weighted by Gasteiger charge is 2.05. The van der Waals surface area contributed by atoms with Crippen molar-refractivity contribution >= 4 is 17.3 Å². The van der Waals surface area contributed by atoms with Crippen LogP contribution >= 0.6 is 11.6 Å². The van der Waals surface area contributed by atoms with Gasteiger partial charge in [-0.05, 0) is 48.7 Å². The largest absolute Gasteiger partial charge is 0.491 e. The Hall–Kier alpha value is -1.74. The number of anilines is 1. The lowest BCUT2D eigenvalue weighted by Crippen LogP contribution is -2.04. The van der Waals surface area contributed by atoms with E-state index in [-0.39, 0.29) is 5.02 Å². The van der Waals surface area contributed by atoms with Crippen molar-refractivity contribution < 1.29 is 9.13 Å². The Labute approximate surface area is 129 Å². The van der Waals surface area contributed by atoms with Crippen LogP contribution in [0.25, 0.3) is 0 Å². The van der Waals surface area contributed by atoms with Crippen LogP contribution in [-0.4, -0.2) is 6.61 Å². The molecule has 0 aromatic heterocycles. The van der Waals surface area contributed by atoms with Crippen LogP contribution in [0, 0.1) is 12.7 Å². The smallest absolute Gasteiger partial charge is 0.142 e. The van der Waals surface area contributed by atoms with Gasteiger partial charge < -0.3 is 10.1 Å². The summed E-state index contributed by atoms with van der Waals surface area (Å²) in [6, 6.07) is 10.8. The van der Waals surface area contributed by atoms with Crippen LogP contribution in [-0.2, 0) is 6.54 Å². The highest BCUT2D eigenvalue weighted by molar-refractivity contribution is 6.30. The van der Waals surface area contributed by atoms with Crippen molar-refractivity contribution in [2.75, 3.05) is 11.9 Å². The summed E-state index contributed by atoms with van der Waals surface area (Å²) in [7, 11) is 0. The molecule has 112 valence electrons. The summed E-state index contributed by atoms with van der Waals surface area (Å²) in [6.45, 7) is 5.28. The number of ether oxygens (including phenoxy) is 1. The lowest BCUT2D eigenvalue weighted by Gasteiger charge is -2.14. The van der Waals surface area contributed by atoms with Crippen LogP contribution in [0.15, 0.2) is 36.4 Å². The molecule has 2 aromatic carbocycles. The number of benzene rings is 2. The third kappa shape index (κ3) is 4.36. The summed E-state index contributed by atoms with van der Waals surface area (Å²) in [6.07, 6.45) is 0.954. The fourth-order valence-electron chi connectivity index (χ4n) is 1.95. The van der Waals surface area contributed by atoms with E-state index in [9.17, 15) is 4.39 Å². The predicted molar refractivity (Wildman–Crippen MR) is 85.7 cm³/mol. The second-order valence-corrected chi connectivity index (χ2v) is 5.36. The predicted octanol–water partition coefficient (Wildman–Crippen LogP) is 5.19. The minimum absolute atomic E-state index is 0.140. The number of nitrogens with one attached hydrogen (secondary N) is 1. The van der Waals surface area contributed by atoms with Crippen molar-refractivity contribution in [1.29, 1.82) is 0 Å². The van der Waals surface area contributed by atoms with Gasteiger partial charge in [-0.15, -0.1) is 0 Å². The second kappa shape index (κ2) is 7.32. The number of aryl methyl sites for hydroxylation is 1. The van der Waals surface area contributed by atoms with E-state index in [1.807, 2.05) is 25.1 Å². The molecule has 21 heavy (non-hydrogen) atoms. The number of rotatable bonds is 6. The van der Waals surface area contributed by atoms with Crippen LogP contribution < -0.4 is 10.1 Å². The summed E-state index contributed by atoms with van der Waals surface area (Å²) in [5, 5.41) is 3.42. The highest BCUT2D eigenvalue weighted by atomic mass is 35.5. The number of hydrogen-bond acceptors (Lipinski definition) is 2. The molecule has 0 bridgehead atoms. The van der Waals surface area contributed by atoms with Crippen LogP contribution in [0.2, 0.25) is 5.02 Å². The molecule has 0 spiro atoms. The molecule has 0 saturated heterocycles. The van der Waals surface area contributed by atoms with E-state index in [4.69, 9.17) is 16.3 Å². The summed E-state index contributed by atoms with van der Waals surface area (Å²) in [5.41, 5.74) is 2.88. The lowest BCUT2D eigenvalue weighted by molar-refractivity contribution is 0.318. The molecule has 0 amide bonds. The molecule has 0 heterocycles. The average Bonchev–Trinajstić information content (AvgIpc) is 2.47. The second-order valence-electron chi connectivity index (χ2n) is 4.95. The summed E-state index contributed by atoms with van der Waals surface area (Å²) in [4.78, 5) is 0. The van der Waals surface area contributed by atoms with E-state index >= 15 is 0 Å². The fraction of sp³-hybridized carbons (Fsp3) is 0.294. The SMILES string of the molecule is CCCOc1cc(C)ccc1NCc1ccc(Cl)c(F)c1. The van der Waals surface area contributed by atoms with Crippen molar-refractivity contribution in [3.05, 3.63) is 58.4 Å². The Morgan fingerprint density at radius 1 is 1.19 bits per heavy atom. The third-order valence-corrected chi connectivity index (χ3v) is 3.37. The maximum atomic E-state index is 13.4. The first-order valence-electron chi connectivity index (χ1n) is 7.01. The van der Waals surface area contributed by atoms with Gasteiger partial charge in [-0.25, -0.2) is 4.39 Å². The maximum Gasteiger partial charge on any atom is 0.142 e. The zero-order chi connectivity index (χ0) is 15.2.